The maximum Gasteiger partial charge on any atom is 0.252 e. The van der Waals surface area contributed by atoms with Crippen LogP contribution in [0.2, 0.25) is 0 Å². The summed E-state index contributed by atoms with van der Waals surface area (Å²) in [6, 6.07) is 55.9. The topological polar surface area (TPSA) is 26.2 Å². The molecule has 10 aromatic rings. The Morgan fingerprint density at radius 1 is 0.600 bits per heavy atom. The SMILES string of the molecule is Cc1cc2c3c(c1)-n1c4c(cccc4c4oc5ccccc5c41)B3c1ccc(N(c3ccccc3)c3ccccc3)c3c4c(n-2c13)-c1ccccc1C4(C)C. The third kappa shape index (κ3) is 3.51. The lowest BCUT2D eigenvalue weighted by atomic mass is 9.34. The Balaban J connectivity index is 1.23. The molecule has 7 aromatic carbocycles. The molecule has 0 unspecified atom stereocenters. The van der Waals surface area contributed by atoms with Gasteiger partial charge in [0.2, 0.25) is 0 Å². The second-order valence-electron chi connectivity index (χ2n) is 16.1. The van der Waals surface area contributed by atoms with Gasteiger partial charge in [0.25, 0.3) is 6.71 Å². The molecule has 0 amide bonds. The predicted molar refractivity (Wildman–Crippen MR) is 229 cm³/mol. The fourth-order valence-corrected chi connectivity index (χ4v) is 10.8. The monoisotopic (exact) mass is 703 g/mol. The molecule has 5 heterocycles. The average molecular weight is 704 g/mol. The van der Waals surface area contributed by atoms with Gasteiger partial charge >= 0.3 is 0 Å². The number of benzene rings is 7. The first-order valence-corrected chi connectivity index (χ1v) is 19.3. The summed E-state index contributed by atoms with van der Waals surface area (Å²) in [5, 5.41) is 3.64. The predicted octanol–water partition coefficient (Wildman–Crippen LogP) is 10.7. The third-order valence-corrected chi connectivity index (χ3v) is 12.9. The summed E-state index contributed by atoms with van der Waals surface area (Å²) in [5.41, 5.74) is 22.0. The zero-order valence-electron chi connectivity index (χ0n) is 30.8. The lowest BCUT2D eigenvalue weighted by Gasteiger charge is -2.35. The number of fused-ring (bicyclic) bond motifs is 14. The lowest BCUT2D eigenvalue weighted by Crippen LogP contribution is -2.59. The molecule has 0 atom stereocenters. The Kier molecular flexibility index (Phi) is 5.44. The normalized spacial score (nSPS) is 14.2. The maximum atomic E-state index is 6.71. The molecule has 3 aliphatic rings. The summed E-state index contributed by atoms with van der Waals surface area (Å²) in [4.78, 5) is 2.46. The van der Waals surface area contributed by atoms with Crippen LogP contribution in [0.15, 0.2) is 156 Å². The Hall–Kier alpha value is -6.72. The zero-order valence-corrected chi connectivity index (χ0v) is 30.8. The van der Waals surface area contributed by atoms with Gasteiger partial charge in [-0.1, -0.05) is 105 Å². The van der Waals surface area contributed by atoms with Gasteiger partial charge in [0, 0.05) is 49.9 Å². The summed E-state index contributed by atoms with van der Waals surface area (Å²) in [6.45, 7) is 7.16. The quantitative estimate of drug-likeness (QED) is 0.171. The van der Waals surface area contributed by atoms with Gasteiger partial charge in [0.15, 0.2) is 5.58 Å². The Morgan fingerprint density at radius 3 is 2.04 bits per heavy atom. The summed E-state index contributed by atoms with van der Waals surface area (Å²) < 4.78 is 11.9. The average Bonchev–Trinajstić information content (AvgIpc) is 3.93. The van der Waals surface area contributed by atoms with Gasteiger partial charge in [-0.15, -0.1) is 0 Å². The Bertz CT molecular complexity index is 3270. The molecule has 1 aliphatic carbocycles. The van der Waals surface area contributed by atoms with Gasteiger partial charge in [0.1, 0.15) is 11.1 Å². The molecule has 55 heavy (non-hydrogen) atoms. The highest BCUT2D eigenvalue weighted by molar-refractivity contribution is 7.00. The molecule has 0 saturated heterocycles. The molecule has 0 N–H and O–H groups in total. The molecule has 3 aromatic heterocycles. The molecule has 0 spiro atoms. The molecule has 2 aliphatic heterocycles. The summed E-state index contributed by atoms with van der Waals surface area (Å²) in [5.74, 6) is 0. The van der Waals surface area contributed by atoms with Crippen LogP contribution in [0.5, 0.6) is 0 Å². The number of aryl methyl sites for hydroxylation is 1. The van der Waals surface area contributed by atoms with Gasteiger partial charge in [0.05, 0.1) is 22.4 Å². The standard InChI is InChI=1S/C50H34BN3O/c1-29-27-39-44-40(28-29)54-46-32-19-10-12-22-35(32)50(2,3)43(46)42-38(52(30-15-6-4-7-16-30)31-17-8-5-9-18-31)26-25-37(48(42)54)51(44)36-23-14-21-34-45(36)53(39)47-33-20-11-13-24-41(33)55-49(34)47/h4-28H,1-3H3. The van der Waals surface area contributed by atoms with E-state index < -0.39 is 0 Å². The Labute approximate surface area is 318 Å². The van der Waals surface area contributed by atoms with Crippen molar-refractivity contribution in [3.63, 3.8) is 0 Å². The van der Waals surface area contributed by atoms with E-state index in [-0.39, 0.29) is 12.1 Å². The van der Waals surface area contributed by atoms with E-state index >= 15 is 0 Å². The van der Waals surface area contributed by atoms with Gasteiger partial charge in [-0.25, -0.2) is 0 Å². The number of anilines is 3. The minimum Gasteiger partial charge on any atom is -0.454 e. The molecular weight excluding hydrogens is 669 g/mol. The first-order valence-electron chi connectivity index (χ1n) is 19.3. The smallest absolute Gasteiger partial charge is 0.252 e. The van der Waals surface area contributed by atoms with Crippen LogP contribution in [0.25, 0.3) is 66.5 Å². The van der Waals surface area contributed by atoms with Crippen molar-refractivity contribution in [1.29, 1.82) is 0 Å². The van der Waals surface area contributed by atoms with Gasteiger partial charge < -0.3 is 18.5 Å². The molecule has 0 saturated carbocycles. The number of rotatable bonds is 3. The van der Waals surface area contributed by atoms with E-state index in [1.165, 1.54) is 83.2 Å². The van der Waals surface area contributed by atoms with Crippen LogP contribution < -0.4 is 21.3 Å². The molecule has 0 radical (unpaired) electrons. The zero-order chi connectivity index (χ0) is 36.3. The van der Waals surface area contributed by atoms with E-state index in [0.29, 0.717) is 0 Å². The minimum absolute atomic E-state index is 0.0476. The Morgan fingerprint density at radius 2 is 1.25 bits per heavy atom. The second kappa shape index (κ2) is 10.1. The lowest BCUT2D eigenvalue weighted by molar-refractivity contribution is 0.666. The summed E-state index contributed by atoms with van der Waals surface area (Å²) >= 11 is 0. The fraction of sp³-hybridized carbons (Fsp3) is 0.0800. The van der Waals surface area contributed by atoms with Gasteiger partial charge in [-0.2, -0.15) is 0 Å². The number of hydrogen-bond acceptors (Lipinski definition) is 2. The van der Waals surface area contributed by atoms with E-state index in [2.05, 4.69) is 186 Å². The highest BCUT2D eigenvalue weighted by Crippen LogP contribution is 2.57. The van der Waals surface area contributed by atoms with Crippen molar-refractivity contribution < 1.29 is 4.42 Å². The summed E-state index contributed by atoms with van der Waals surface area (Å²) in [7, 11) is 0. The van der Waals surface area contributed by atoms with Crippen LogP contribution in [0.1, 0.15) is 30.5 Å². The molecule has 0 bridgehead atoms. The highest BCUT2D eigenvalue weighted by atomic mass is 16.3. The van der Waals surface area contributed by atoms with E-state index in [0.717, 1.165) is 33.4 Å². The number of aromatic nitrogens is 2. The first kappa shape index (κ1) is 29.7. The van der Waals surface area contributed by atoms with Crippen molar-refractivity contribution in [2.45, 2.75) is 26.2 Å². The van der Waals surface area contributed by atoms with E-state index in [1.54, 1.807) is 0 Å². The van der Waals surface area contributed by atoms with E-state index in [1.807, 2.05) is 0 Å². The van der Waals surface area contributed by atoms with Crippen LogP contribution in [-0.2, 0) is 5.41 Å². The van der Waals surface area contributed by atoms with Crippen LogP contribution in [-0.4, -0.2) is 15.8 Å². The van der Waals surface area contributed by atoms with Gasteiger partial charge in [-0.3, -0.25) is 0 Å². The van der Waals surface area contributed by atoms with Crippen molar-refractivity contribution in [2.24, 2.45) is 0 Å². The number of para-hydroxylation sites is 4. The highest BCUT2D eigenvalue weighted by Gasteiger charge is 2.47. The third-order valence-electron chi connectivity index (χ3n) is 12.9. The second-order valence-corrected chi connectivity index (χ2v) is 16.1. The van der Waals surface area contributed by atoms with Crippen LogP contribution in [0, 0.1) is 6.92 Å². The minimum atomic E-state index is -0.234. The van der Waals surface area contributed by atoms with Crippen molar-refractivity contribution in [1.82, 2.24) is 9.13 Å². The largest absolute Gasteiger partial charge is 0.454 e. The number of furan rings is 1. The van der Waals surface area contributed by atoms with Crippen molar-refractivity contribution in [3.05, 3.63) is 168 Å². The molecule has 4 nitrogen and oxygen atoms in total. The van der Waals surface area contributed by atoms with Crippen molar-refractivity contribution in [2.75, 3.05) is 4.90 Å². The van der Waals surface area contributed by atoms with Crippen LogP contribution >= 0.6 is 0 Å². The van der Waals surface area contributed by atoms with Crippen LogP contribution in [0.3, 0.4) is 0 Å². The molecule has 13 rings (SSSR count). The van der Waals surface area contributed by atoms with Crippen molar-refractivity contribution >= 4 is 84.0 Å². The molecule has 258 valence electrons. The number of hydrogen-bond donors (Lipinski definition) is 0. The van der Waals surface area contributed by atoms with E-state index in [9.17, 15) is 0 Å². The maximum absolute atomic E-state index is 6.71. The van der Waals surface area contributed by atoms with Crippen LogP contribution in [0.4, 0.5) is 17.1 Å². The summed E-state index contributed by atoms with van der Waals surface area (Å²) in [6.07, 6.45) is 0. The number of nitrogens with zero attached hydrogens (tertiary/aromatic N) is 3. The molecule has 0 fully saturated rings. The first-order chi connectivity index (χ1) is 27.0. The van der Waals surface area contributed by atoms with Crippen molar-refractivity contribution in [3.8, 4) is 22.6 Å². The molecule has 5 heteroatoms. The van der Waals surface area contributed by atoms with Gasteiger partial charge in [-0.05, 0) is 101 Å². The fourth-order valence-electron chi connectivity index (χ4n) is 10.8. The molecular formula is C50H34BN3O. The van der Waals surface area contributed by atoms with E-state index in [4.69, 9.17) is 4.42 Å².